The van der Waals surface area contributed by atoms with Crippen LogP contribution < -0.4 is 15.4 Å². The first-order chi connectivity index (χ1) is 12.8. The predicted molar refractivity (Wildman–Crippen MR) is 110 cm³/mol. The van der Waals surface area contributed by atoms with Crippen molar-refractivity contribution in [3.05, 3.63) is 64.9 Å². The van der Waals surface area contributed by atoms with Gasteiger partial charge in [0, 0.05) is 25.7 Å². The van der Waals surface area contributed by atoms with Gasteiger partial charge in [-0.05, 0) is 38.4 Å². The molecule has 0 radical (unpaired) electrons. The number of amides is 2. The fourth-order valence-electron chi connectivity index (χ4n) is 2.61. The highest BCUT2D eigenvalue weighted by Gasteiger charge is 2.25. The number of halogens is 1. The van der Waals surface area contributed by atoms with Crippen molar-refractivity contribution in [1.82, 2.24) is 10.2 Å². The monoisotopic (exact) mass is 408 g/mol. The Balaban J connectivity index is 0.00000392. The molecule has 0 aliphatic rings. The molecule has 28 heavy (non-hydrogen) atoms. The lowest BCUT2D eigenvalue weighted by Crippen LogP contribution is -2.99. The largest absolute Gasteiger partial charge is 0.595 e. The Kier molecular flexibility index (Phi) is 9.04. The molecule has 0 aliphatic heterocycles. The van der Waals surface area contributed by atoms with Crippen LogP contribution in [0.25, 0.3) is 0 Å². The van der Waals surface area contributed by atoms with Crippen molar-refractivity contribution in [3.8, 4) is 0 Å². The van der Waals surface area contributed by atoms with E-state index in [1.807, 2.05) is 19.0 Å². The number of hydrogen-bond donors (Lipinski definition) is 3. The SMILES string of the molecule is CN(C)CCNC(=O)c1cccc(N(C)C(=O)c2ccccc2)c1[NH+]([O-])O.Cl. The number of anilines is 1. The highest BCUT2D eigenvalue weighted by atomic mass is 35.5. The van der Waals surface area contributed by atoms with Crippen molar-refractivity contribution >= 4 is 35.6 Å². The van der Waals surface area contributed by atoms with Crippen LogP contribution in [-0.2, 0) is 0 Å². The molecule has 0 fully saturated rings. The molecule has 0 saturated heterocycles. The van der Waals surface area contributed by atoms with E-state index in [0.29, 0.717) is 18.7 Å². The number of para-hydroxylation sites is 1. The fraction of sp³-hybridized carbons (Fsp3) is 0.263. The molecule has 0 aliphatic carbocycles. The molecule has 2 rings (SSSR count). The third-order valence-corrected chi connectivity index (χ3v) is 4.03. The van der Waals surface area contributed by atoms with Gasteiger partial charge in [-0.25, -0.2) is 5.21 Å². The second kappa shape index (κ2) is 10.7. The number of rotatable bonds is 7. The molecule has 1 unspecified atom stereocenters. The first kappa shape index (κ1) is 23.5. The van der Waals surface area contributed by atoms with Crippen molar-refractivity contribution in [2.24, 2.45) is 0 Å². The molecule has 1 atom stereocenters. The summed E-state index contributed by atoms with van der Waals surface area (Å²) in [6, 6.07) is 13.1. The van der Waals surface area contributed by atoms with Crippen molar-refractivity contribution in [1.29, 1.82) is 0 Å². The maximum Gasteiger partial charge on any atom is 0.258 e. The quantitative estimate of drug-likeness (QED) is 0.595. The first-order valence-corrected chi connectivity index (χ1v) is 8.45. The second-order valence-corrected chi connectivity index (χ2v) is 6.29. The Morgan fingerprint density at radius 2 is 1.71 bits per heavy atom. The zero-order valence-corrected chi connectivity index (χ0v) is 16.8. The molecule has 0 saturated carbocycles. The zero-order valence-electron chi connectivity index (χ0n) is 16.0. The van der Waals surface area contributed by atoms with Gasteiger partial charge in [-0.15, -0.1) is 12.4 Å². The summed E-state index contributed by atoms with van der Waals surface area (Å²) in [5.41, 5.74) is 0.409. The lowest BCUT2D eigenvalue weighted by molar-refractivity contribution is -0.991. The topological polar surface area (TPSA) is 100 Å². The molecule has 9 heteroatoms. The Morgan fingerprint density at radius 1 is 1.07 bits per heavy atom. The highest BCUT2D eigenvalue weighted by molar-refractivity contribution is 6.09. The van der Waals surface area contributed by atoms with E-state index in [1.165, 1.54) is 24.1 Å². The number of quaternary nitrogens is 1. The molecular weight excluding hydrogens is 384 g/mol. The molecule has 2 aromatic carbocycles. The van der Waals surface area contributed by atoms with Gasteiger partial charge in [-0.1, -0.05) is 24.3 Å². The summed E-state index contributed by atoms with van der Waals surface area (Å²) in [5.74, 6) is -0.847. The number of benzene rings is 2. The minimum absolute atomic E-state index is 0. The molecule has 2 aromatic rings. The van der Waals surface area contributed by atoms with Gasteiger partial charge in [0.05, 0.1) is 0 Å². The minimum atomic E-state index is -1.27. The zero-order chi connectivity index (χ0) is 20.0. The maximum absolute atomic E-state index is 12.7. The van der Waals surface area contributed by atoms with E-state index < -0.39 is 11.1 Å². The third-order valence-electron chi connectivity index (χ3n) is 4.03. The highest BCUT2D eigenvalue weighted by Crippen LogP contribution is 2.27. The lowest BCUT2D eigenvalue weighted by Gasteiger charge is -2.24. The summed E-state index contributed by atoms with van der Waals surface area (Å²) in [6.45, 7) is 1.01. The number of carbonyl (C=O) groups excluding carboxylic acids is 2. The Bertz CT molecular complexity index is 800. The normalized spacial score (nSPS) is 11.5. The average Bonchev–Trinajstić information content (AvgIpc) is 2.66. The number of likely N-dealkylation sites (N-methyl/N-ethyl adjacent to an activating group) is 1. The smallest absolute Gasteiger partial charge is 0.258 e. The van der Waals surface area contributed by atoms with Gasteiger partial charge in [-0.3, -0.25) is 9.59 Å². The van der Waals surface area contributed by atoms with E-state index in [4.69, 9.17) is 0 Å². The van der Waals surface area contributed by atoms with E-state index in [1.54, 1.807) is 36.4 Å². The van der Waals surface area contributed by atoms with Crippen LogP contribution in [0.4, 0.5) is 11.4 Å². The average molecular weight is 409 g/mol. The van der Waals surface area contributed by atoms with Crippen LogP contribution in [0.15, 0.2) is 48.5 Å². The minimum Gasteiger partial charge on any atom is -0.595 e. The van der Waals surface area contributed by atoms with Crippen LogP contribution >= 0.6 is 12.4 Å². The van der Waals surface area contributed by atoms with Gasteiger partial charge < -0.3 is 20.3 Å². The maximum atomic E-state index is 12.7. The second-order valence-electron chi connectivity index (χ2n) is 6.29. The summed E-state index contributed by atoms with van der Waals surface area (Å²) in [7, 11) is 5.24. The van der Waals surface area contributed by atoms with Gasteiger partial charge in [0.25, 0.3) is 11.8 Å². The number of nitrogens with zero attached hydrogens (tertiary/aromatic N) is 2. The molecular formula is C19H25ClN4O4. The van der Waals surface area contributed by atoms with Crippen molar-refractivity contribution in [3.63, 3.8) is 0 Å². The Hall–Kier alpha value is -2.49. The summed E-state index contributed by atoms with van der Waals surface area (Å²) >= 11 is 0. The van der Waals surface area contributed by atoms with Gasteiger partial charge in [-0.2, -0.15) is 5.23 Å². The van der Waals surface area contributed by atoms with E-state index in [2.05, 4.69) is 5.32 Å². The predicted octanol–water partition coefficient (Wildman–Crippen LogP) is 1.08. The fourth-order valence-corrected chi connectivity index (χ4v) is 2.61. The summed E-state index contributed by atoms with van der Waals surface area (Å²) in [4.78, 5) is 28.3. The molecule has 2 amide bonds. The van der Waals surface area contributed by atoms with Gasteiger partial charge in [0.15, 0.2) is 0 Å². The molecule has 0 heterocycles. The van der Waals surface area contributed by atoms with Crippen LogP contribution in [0.2, 0.25) is 0 Å². The van der Waals surface area contributed by atoms with E-state index in [0.717, 1.165) is 0 Å². The van der Waals surface area contributed by atoms with Crippen molar-refractivity contribution in [2.45, 2.75) is 0 Å². The standard InChI is InChI=1S/C19H24N4O4.ClH/c1-21(2)13-12-20-18(24)15-10-7-11-16(17(15)23(26)27)22(3)19(25)14-8-5-4-6-9-14;/h4-11,23,26H,12-13H2,1-3H3,(H,20,24);1H. The molecule has 0 spiro atoms. The van der Waals surface area contributed by atoms with Gasteiger partial charge in [0.1, 0.15) is 11.3 Å². The van der Waals surface area contributed by atoms with Crippen LogP contribution in [0.5, 0.6) is 0 Å². The number of carbonyl (C=O) groups is 2. The van der Waals surface area contributed by atoms with Crippen LogP contribution in [-0.4, -0.2) is 56.2 Å². The van der Waals surface area contributed by atoms with Crippen LogP contribution in [0, 0.1) is 5.21 Å². The molecule has 152 valence electrons. The number of nitrogens with one attached hydrogen (secondary N) is 2. The lowest BCUT2D eigenvalue weighted by atomic mass is 10.1. The number of hydrogen-bond acceptors (Lipinski definition) is 5. The van der Waals surface area contributed by atoms with Crippen LogP contribution in [0.3, 0.4) is 0 Å². The third kappa shape index (κ3) is 5.75. The van der Waals surface area contributed by atoms with E-state index in [9.17, 15) is 20.0 Å². The van der Waals surface area contributed by atoms with Crippen molar-refractivity contribution < 1.29 is 20.0 Å². The molecule has 0 bridgehead atoms. The molecule has 0 aromatic heterocycles. The molecule has 3 N–H and O–H groups in total. The van der Waals surface area contributed by atoms with Gasteiger partial charge >= 0.3 is 0 Å². The Morgan fingerprint density at radius 3 is 2.29 bits per heavy atom. The summed E-state index contributed by atoms with van der Waals surface area (Å²) < 4.78 is 0. The van der Waals surface area contributed by atoms with Crippen LogP contribution in [0.1, 0.15) is 20.7 Å². The first-order valence-electron chi connectivity index (χ1n) is 8.45. The van der Waals surface area contributed by atoms with E-state index >= 15 is 0 Å². The summed E-state index contributed by atoms with van der Waals surface area (Å²) in [5, 5.41) is 23.0. The van der Waals surface area contributed by atoms with Gasteiger partial charge in [0.2, 0.25) is 5.69 Å². The van der Waals surface area contributed by atoms with E-state index in [-0.39, 0.29) is 35.3 Å². The Labute approximate surface area is 170 Å². The summed E-state index contributed by atoms with van der Waals surface area (Å²) in [6.07, 6.45) is 0. The molecule has 8 nitrogen and oxygen atoms in total. The van der Waals surface area contributed by atoms with Crippen molar-refractivity contribution in [2.75, 3.05) is 39.1 Å².